The van der Waals surface area contributed by atoms with Gasteiger partial charge in [-0.15, -0.1) is 0 Å². The summed E-state index contributed by atoms with van der Waals surface area (Å²) in [5, 5.41) is 0. The van der Waals surface area contributed by atoms with E-state index in [-0.39, 0.29) is 24.8 Å². The van der Waals surface area contributed by atoms with Gasteiger partial charge in [0.2, 0.25) is 5.78 Å². The maximum absolute atomic E-state index is 12.8. The first-order chi connectivity index (χ1) is 14.0. The van der Waals surface area contributed by atoms with Crippen molar-refractivity contribution in [3.05, 3.63) is 52.8 Å². The lowest BCUT2D eigenvalue weighted by atomic mass is 10.1. The SMILES string of the molecule is CCOC(=O)COc1ccc2c(c1C)O/C(=C\c1cccc(OC)c1OC)C2=O. The quantitative estimate of drug-likeness (QED) is 0.521. The molecule has 0 aliphatic carbocycles. The van der Waals surface area contributed by atoms with Gasteiger partial charge in [0.25, 0.3) is 0 Å². The Labute approximate surface area is 168 Å². The Morgan fingerprint density at radius 3 is 2.59 bits per heavy atom. The van der Waals surface area contributed by atoms with Crippen molar-refractivity contribution in [2.45, 2.75) is 13.8 Å². The Hall–Kier alpha value is -3.48. The molecule has 2 aromatic rings. The number of carbonyl (C=O) groups is 2. The van der Waals surface area contributed by atoms with E-state index in [0.717, 1.165) is 0 Å². The Kier molecular flexibility index (Phi) is 6.07. The van der Waals surface area contributed by atoms with E-state index < -0.39 is 5.97 Å². The number of ether oxygens (including phenoxy) is 5. The van der Waals surface area contributed by atoms with Gasteiger partial charge in [-0.2, -0.15) is 0 Å². The minimum atomic E-state index is -0.463. The van der Waals surface area contributed by atoms with Crippen molar-refractivity contribution in [3.63, 3.8) is 0 Å². The smallest absolute Gasteiger partial charge is 0.344 e. The molecule has 152 valence electrons. The van der Waals surface area contributed by atoms with Gasteiger partial charge in [0.05, 0.1) is 26.4 Å². The highest BCUT2D eigenvalue weighted by Gasteiger charge is 2.30. The van der Waals surface area contributed by atoms with Crippen LogP contribution in [0.4, 0.5) is 0 Å². The number of benzene rings is 2. The van der Waals surface area contributed by atoms with Crippen LogP contribution in [-0.4, -0.2) is 39.2 Å². The molecule has 1 aliphatic heterocycles. The second kappa shape index (κ2) is 8.68. The number of carbonyl (C=O) groups excluding carboxylic acids is 2. The summed E-state index contributed by atoms with van der Waals surface area (Å²) >= 11 is 0. The van der Waals surface area contributed by atoms with E-state index in [1.54, 1.807) is 57.4 Å². The van der Waals surface area contributed by atoms with Gasteiger partial charge < -0.3 is 23.7 Å². The van der Waals surface area contributed by atoms with Crippen molar-refractivity contribution >= 4 is 17.8 Å². The number of methoxy groups -OCH3 is 2. The minimum Gasteiger partial charge on any atom is -0.493 e. The largest absolute Gasteiger partial charge is 0.493 e. The lowest BCUT2D eigenvalue weighted by molar-refractivity contribution is -0.145. The summed E-state index contributed by atoms with van der Waals surface area (Å²) in [4.78, 5) is 24.3. The number of allylic oxidation sites excluding steroid dienone is 1. The summed E-state index contributed by atoms with van der Waals surface area (Å²) < 4.78 is 26.9. The van der Waals surface area contributed by atoms with Crippen LogP contribution in [-0.2, 0) is 9.53 Å². The summed E-state index contributed by atoms with van der Waals surface area (Å²) in [5.41, 5.74) is 1.71. The van der Waals surface area contributed by atoms with Crippen molar-refractivity contribution < 1.29 is 33.3 Å². The molecule has 0 aromatic heterocycles. The number of fused-ring (bicyclic) bond motifs is 1. The Bertz CT molecular complexity index is 975. The molecule has 0 amide bonds. The van der Waals surface area contributed by atoms with Crippen LogP contribution in [0.1, 0.15) is 28.4 Å². The Morgan fingerprint density at radius 1 is 1.10 bits per heavy atom. The third kappa shape index (κ3) is 4.03. The van der Waals surface area contributed by atoms with E-state index >= 15 is 0 Å². The van der Waals surface area contributed by atoms with Gasteiger partial charge in [-0.05, 0) is 38.1 Å². The zero-order chi connectivity index (χ0) is 21.0. The molecule has 0 N–H and O–H groups in total. The van der Waals surface area contributed by atoms with E-state index in [2.05, 4.69) is 0 Å². The average Bonchev–Trinajstić information content (AvgIpc) is 3.04. The fraction of sp³-hybridized carbons (Fsp3) is 0.273. The number of para-hydroxylation sites is 1. The highest BCUT2D eigenvalue weighted by atomic mass is 16.6. The minimum absolute atomic E-state index is 0.164. The van der Waals surface area contributed by atoms with E-state index in [9.17, 15) is 9.59 Å². The monoisotopic (exact) mass is 398 g/mol. The predicted molar refractivity (Wildman–Crippen MR) is 106 cm³/mol. The van der Waals surface area contributed by atoms with Crippen LogP contribution < -0.4 is 18.9 Å². The number of ketones is 1. The summed E-state index contributed by atoms with van der Waals surface area (Å²) in [6, 6.07) is 8.63. The second-order valence-corrected chi connectivity index (χ2v) is 6.18. The van der Waals surface area contributed by atoms with E-state index in [4.69, 9.17) is 23.7 Å². The molecule has 2 aromatic carbocycles. The fourth-order valence-electron chi connectivity index (χ4n) is 3.03. The molecule has 0 spiro atoms. The average molecular weight is 398 g/mol. The molecule has 0 bridgehead atoms. The van der Waals surface area contributed by atoms with Crippen LogP contribution in [0.5, 0.6) is 23.0 Å². The first-order valence-corrected chi connectivity index (χ1v) is 9.07. The number of rotatable bonds is 7. The molecule has 0 saturated carbocycles. The van der Waals surface area contributed by atoms with Crippen LogP contribution >= 0.6 is 0 Å². The first-order valence-electron chi connectivity index (χ1n) is 9.07. The standard InChI is InChI=1S/C22H22O7/c1-5-27-19(23)12-28-16-10-9-15-20(24)18(29-21(15)13(16)2)11-14-7-6-8-17(25-3)22(14)26-4/h6-11H,5,12H2,1-4H3/b18-11-. The molecular formula is C22H22O7. The van der Waals surface area contributed by atoms with Gasteiger partial charge in [-0.3, -0.25) is 4.79 Å². The normalized spacial score (nSPS) is 13.7. The van der Waals surface area contributed by atoms with Crippen molar-refractivity contribution in [3.8, 4) is 23.0 Å². The molecule has 0 atom stereocenters. The van der Waals surface area contributed by atoms with Crippen molar-refractivity contribution in [2.75, 3.05) is 27.4 Å². The maximum atomic E-state index is 12.8. The highest BCUT2D eigenvalue weighted by Crippen LogP contribution is 2.40. The Morgan fingerprint density at radius 2 is 1.90 bits per heavy atom. The molecule has 1 aliphatic rings. The van der Waals surface area contributed by atoms with Crippen LogP contribution in [0.2, 0.25) is 0 Å². The predicted octanol–water partition coefficient (Wildman–Crippen LogP) is 3.57. The molecule has 29 heavy (non-hydrogen) atoms. The van der Waals surface area contributed by atoms with E-state index in [1.807, 2.05) is 0 Å². The molecule has 7 heteroatoms. The molecule has 3 rings (SSSR count). The van der Waals surface area contributed by atoms with Crippen LogP contribution in [0.3, 0.4) is 0 Å². The summed E-state index contributed by atoms with van der Waals surface area (Å²) in [6.07, 6.45) is 1.61. The van der Waals surface area contributed by atoms with Gasteiger partial charge in [-0.1, -0.05) is 12.1 Å². The van der Waals surface area contributed by atoms with Crippen molar-refractivity contribution in [1.29, 1.82) is 0 Å². The van der Waals surface area contributed by atoms with Crippen LogP contribution in [0.15, 0.2) is 36.1 Å². The molecule has 1 heterocycles. The molecule has 0 fully saturated rings. The number of hydrogen-bond acceptors (Lipinski definition) is 7. The third-order valence-electron chi connectivity index (χ3n) is 4.41. The lowest BCUT2D eigenvalue weighted by Gasteiger charge is -2.11. The zero-order valence-electron chi connectivity index (χ0n) is 16.7. The van der Waals surface area contributed by atoms with Gasteiger partial charge in [0, 0.05) is 11.1 Å². The summed E-state index contributed by atoms with van der Waals surface area (Å²) in [5.74, 6) is 1.37. The molecule has 0 saturated heterocycles. The number of esters is 1. The Balaban J connectivity index is 1.89. The van der Waals surface area contributed by atoms with Gasteiger partial charge >= 0.3 is 5.97 Å². The maximum Gasteiger partial charge on any atom is 0.344 e. The highest BCUT2D eigenvalue weighted by molar-refractivity contribution is 6.15. The summed E-state index contributed by atoms with van der Waals surface area (Å²) in [6.45, 7) is 3.56. The van der Waals surface area contributed by atoms with Gasteiger partial charge in [-0.25, -0.2) is 4.79 Å². The zero-order valence-corrected chi connectivity index (χ0v) is 16.7. The van der Waals surface area contributed by atoms with E-state index in [0.29, 0.717) is 39.7 Å². The topological polar surface area (TPSA) is 80.3 Å². The first kappa shape index (κ1) is 20.3. The lowest BCUT2D eigenvalue weighted by Crippen LogP contribution is -2.15. The van der Waals surface area contributed by atoms with E-state index in [1.165, 1.54) is 7.11 Å². The second-order valence-electron chi connectivity index (χ2n) is 6.18. The molecule has 0 radical (unpaired) electrons. The molecule has 0 unspecified atom stereocenters. The van der Waals surface area contributed by atoms with Crippen molar-refractivity contribution in [2.24, 2.45) is 0 Å². The molecular weight excluding hydrogens is 376 g/mol. The number of hydrogen-bond donors (Lipinski definition) is 0. The van der Waals surface area contributed by atoms with Gasteiger partial charge in [0.15, 0.2) is 23.9 Å². The van der Waals surface area contributed by atoms with Crippen LogP contribution in [0.25, 0.3) is 6.08 Å². The fourth-order valence-corrected chi connectivity index (χ4v) is 3.03. The molecule has 7 nitrogen and oxygen atoms in total. The third-order valence-corrected chi connectivity index (χ3v) is 4.41. The summed E-state index contributed by atoms with van der Waals surface area (Å²) in [7, 11) is 3.08. The number of Topliss-reactive ketones (excluding diaryl/α,β-unsaturated/α-hetero) is 1. The van der Waals surface area contributed by atoms with Crippen LogP contribution in [0, 0.1) is 6.92 Å². The van der Waals surface area contributed by atoms with Gasteiger partial charge in [0.1, 0.15) is 11.5 Å². The van der Waals surface area contributed by atoms with Crippen molar-refractivity contribution in [1.82, 2.24) is 0 Å².